The van der Waals surface area contributed by atoms with Crippen LogP contribution in [0.15, 0.2) is 5.38 Å². The topological polar surface area (TPSA) is 72.3 Å². The monoisotopic (exact) mass is 180 g/mol. The molecule has 56 valence electrons. The normalized spacial score (nSPS) is 13.3. The van der Waals surface area contributed by atoms with Crippen LogP contribution in [0.25, 0.3) is 0 Å². The van der Waals surface area contributed by atoms with Crippen LogP contribution >= 0.6 is 19.8 Å². The highest BCUT2D eigenvalue weighted by atomic mass is 32.1. The Labute approximate surface area is 61.8 Å². The molecule has 0 aliphatic carbocycles. The zero-order valence-corrected chi connectivity index (χ0v) is 6.67. The lowest BCUT2D eigenvalue weighted by Gasteiger charge is -1.92. The third-order valence-electron chi connectivity index (χ3n) is 0.749. The zero-order valence-electron chi connectivity index (χ0n) is 4.85. The lowest BCUT2D eigenvalue weighted by atomic mass is 10.6. The molecule has 0 fully saturated rings. The van der Waals surface area contributed by atoms with E-state index in [0.29, 0.717) is 5.69 Å². The van der Waals surface area contributed by atoms with Gasteiger partial charge in [-0.1, -0.05) is 4.49 Å². The lowest BCUT2D eigenvalue weighted by Crippen LogP contribution is -1.84. The Balaban J connectivity index is 2.35. The van der Waals surface area contributed by atoms with Gasteiger partial charge in [0.15, 0.2) is 0 Å². The van der Waals surface area contributed by atoms with Crippen LogP contribution < -0.4 is 0 Å². The molecule has 5 nitrogen and oxygen atoms in total. The number of hydrogen-bond acceptors (Lipinski definition) is 5. The highest BCUT2D eigenvalue weighted by Crippen LogP contribution is 2.16. The van der Waals surface area contributed by atoms with Crippen molar-refractivity contribution in [2.45, 2.75) is 6.61 Å². The summed E-state index contributed by atoms with van der Waals surface area (Å²) in [5, 5.41) is 5.26. The number of rotatable bonds is 3. The Morgan fingerprint density at radius 1 is 1.90 bits per heavy atom. The van der Waals surface area contributed by atoms with Gasteiger partial charge in [0.2, 0.25) is 0 Å². The summed E-state index contributed by atoms with van der Waals surface area (Å²) in [6, 6.07) is 0. The SMILES string of the molecule is O=[PH](O)OCc1csnn1. The van der Waals surface area contributed by atoms with Crippen molar-refractivity contribution in [2.75, 3.05) is 0 Å². The summed E-state index contributed by atoms with van der Waals surface area (Å²) in [4.78, 5) is 8.23. The van der Waals surface area contributed by atoms with Gasteiger partial charge in [-0.05, 0) is 11.5 Å². The molecule has 7 heteroatoms. The number of aromatic nitrogens is 2. The largest absolute Gasteiger partial charge is 0.326 e. The summed E-state index contributed by atoms with van der Waals surface area (Å²) in [5.74, 6) is 0. The summed E-state index contributed by atoms with van der Waals surface area (Å²) in [6.45, 7) is 0.0603. The van der Waals surface area contributed by atoms with Crippen LogP contribution in [-0.4, -0.2) is 14.5 Å². The molecule has 0 bridgehead atoms. The Kier molecular flexibility index (Phi) is 2.95. The minimum Gasteiger partial charge on any atom is -0.326 e. The molecule has 1 unspecified atom stereocenters. The molecule has 0 aliphatic rings. The quantitative estimate of drug-likeness (QED) is 0.683. The second-order valence-electron chi connectivity index (χ2n) is 1.45. The van der Waals surface area contributed by atoms with Crippen LogP contribution in [0.3, 0.4) is 0 Å². The molecule has 1 rings (SSSR count). The van der Waals surface area contributed by atoms with Gasteiger partial charge >= 0.3 is 8.25 Å². The number of nitrogens with zero attached hydrogens (tertiary/aromatic N) is 2. The van der Waals surface area contributed by atoms with Crippen LogP contribution in [0.4, 0.5) is 0 Å². The second kappa shape index (κ2) is 3.78. The van der Waals surface area contributed by atoms with Crippen molar-refractivity contribution < 1.29 is 14.0 Å². The molecule has 0 saturated heterocycles. The molecule has 0 spiro atoms. The van der Waals surface area contributed by atoms with E-state index in [1.807, 2.05) is 0 Å². The smallest absolute Gasteiger partial charge is 0.316 e. The van der Waals surface area contributed by atoms with Crippen LogP contribution in [0, 0.1) is 0 Å². The average Bonchev–Trinajstić information content (AvgIpc) is 2.34. The van der Waals surface area contributed by atoms with Gasteiger partial charge < -0.3 is 9.42 Å². The van der Waals surface area contributed by atoms with Gasteiger partial charge in [-0.25, -0.2) is 0 Å². The molecule has 1 N–H and O–H groups in total. The van der Waals surface area contributed by atoms with Crippen LogP contribution in [0.5, 0.6) is 0 Å². The molecular formula is C3H5N2O3PS. The standard InChI is InChI=1S/C3H5N2O3PS/c6-9(7)8-1-3-2-10-5-4-3/h2,9H,1H2,(H,6,7). The molecule has 1 aromatic rings. The molecule has 0 aliphatic heterocycles. The summed E-state index contributed by atoms with van der Waals surface area (Å²) in [7, 11) is -2.82. The molecular weight excluding hydrogens is 175 g/mol. The fourth-order valence-electron chi connectivity index (χ4n) is 0.383. The predicted octanol–water partition coefficient (Wildman–Crippen LogP) is 0.437. The van der Waals surface area contributed by atoms with Crippen molar-refractivity contribution in [3.63, 3.8) is 0 Å². The summed E-state index contributed by atoms with van der Waals surface area (Å²) < 4.78 is 17.9. The van der Waals surface area contributed by atoms with Gasteiger partial charge in [-0.2, -0.15) is 0 Å². The highest BCUT2D eigenvalue weighted by molar-refractivity contribution is 7.32. The van der Waals surface area contributed by atoms with E-state index < -0.39 is 8.25 Å². The zero-order chi connectivity index (χ0) is 7.40. The van der Waals surface area contributed by atoms with E-state index in [-0.39, 0.29) is 6.61 Å². The first kappa shape index (κ1) is 7.81. The maximum Gasteiger partial charge on any atom is 0.316 e. The summed E-state index contributed by atoms with van der Waals surface area (Å²) in [5.41, 5.74) is 0.581. The van der Waals surface area contributed by atoms with Gasteiger partial charge in [0.1, 0.15) is 12.3 Å². The van der Waals surface area contributed by atoms with E-state index in [1.165, 1.54) is 11.5 Å². The Morgan fingerprint density at radius 2 is 2.70 bits per heavy atom. The molecule has 0 aromatic carbocycles. The van der Waals surface area contributed by atoms with Crippen LogP contribution in [-0.2, 0) is 15.7 Å². The Hall–Kier alpha value is -0.290. The molecule has 1 atom stereocenters. The van der Waals surface area contributed by atoms with Crippen molar-refractivity contribution in [3.05, 3.63) is 11.1 Å². The van der Waals surface area contributed by atoms with Crippen molar-refractivity contribution in [1.29, 1.82) is 0 Å². The van der Waals surface area contributed by atoms with Gasteiger partial charge in [0, 0.05) is 5.38 Å². The van der Waals surface area contributed by atoms with E-state index in [4.69, 9.17) is 4.89 Å². The van der Waals surface area contributed by atoms with E-state index in [1.54, 1.807) is 5.38 Å². The van der Waals surface area contributed by atoms with Gasteiger partial charge in [-0.3, -0.25) is 4.57 Å². The van der Waals surface area contributed by atoms with E-state index in [9.17, 15) is 4.57 Å². The van der Waals surface area contributed by atoms with Crippen molar-refractivity contribution in [3.8, 4) is 0 Å². The Bertz CT molecular complexity index is 214. The molecule has 1 heterocycles. The fourth-order valence-corrected chi connectivity index (χ4v) is 1.09. The minimum atomic E-state index is -2.82. The van der Waals surface area contributed by atoms with Crippen LogP contribution in [0.1, 0.15) is 5.69 Å². The summed E-state index contributed by atoms with van der Waals surface area (Å²) in [6.07, 6.45) is 0. The van der Waals surface area contributed by atoms with Crippen molar-refractivity contribution in [2.24, 2.45) is 0 Å². The third-order valence-corrected chi connectivity index (χ3v) is 1.69. The number of hydrogen-bond donors (Lipinski definition) is 1. The predicted molar refractivity (Wildman–Crippen MR) is 35.9 cm³/mol. The maximum absolute atomic E-state index is 10.0. The average molecular weight is 180 g/mol. The first-order chi connectivity index (χ1) is 4.79. The minimum absolute atomic E-state index is 0.0603. The molecule has 0 radical (unpaired) electrons. The van der Waals surface area contributed by atoms with Crippen LogP contribution in [0.2, 0.25) is 0 Å². The molecule has 0 saturated carbocycles. The molecule has 0 amide bonds. The van der Waals surface area contributed by atoms with E-state index >= 15 is 0 Å². The molecule has 10 heavy (non-hydrogen) atoms. The van der Waals surface area contributed by atoms with Crippen molar-refractivity contribution >= 4 is 19.8 Å². The van der Waals surface area contributed by atoms with Gasteiger partial charge in [0.25, 0.3) is 0 Å². The maximum atomic E-state index is 10.0. The first-order valence-electron chi connectivity index (χ1n) is 2.40. The highest BCUT2D eigenvalue weighted by Gasteiger charge is 1.97. The lowest BCUT2D eigenvalue weighted by molar-refractivity contribution is 0.269. The summed E-state index contributed by atoms with van der Waals surface area (Å²) >= 11 is 1.18. The molecule has 1 aromatic heterocycles. The Morgan fingerprint density at radius 3 is 3.20 bits per heavy atom. The fraction of sp³-hybridized carbons (Fsp3) is 0.333. The second-order valence-corrected chi connectivity index (χ2v) is 2.88. The van der Waals surface area contributed by atoms with E-state index in [2.05, 4.69) is 14.1 Å². The first-order valence-corrected chi connectivity index (χ1v) is 4.50. The van der Waals surface area contributed by atoms with Gasteiger partial charge in [-0.15, -0.1) is 5.10 Å². The van der Waals surface area contributed by atoms with Crippen molar-refractivity contribution in [1.82, 2.24) is 9.59 Å². The van der Waals surface area contributed by atoms with E-state index in [0.717, 1.165) is 0 Å². The van der Waals surface area contributed by atoms with Gasteiger partial charge in [0.05, 0.1) is 0 Å². The third kappa shape index (κ3) is 2.53.